The first-order chi connectivity index (χ1) is 8.49. The Balaban J connectivity index is 3.08. The number of hydrogen-bond donors (Lipinski definition) is 1. The lowest BCUT2D eigenvalue weighted by Crippen LogP contribution is -2.30. The molecule has 3 nitrogen and oxygen atoms in total. The number of nitrogens with two attached hydrogens (primary N) is 1. The molecule has 0 aliphatic rings. The van der Waals surface area contributed by atoms with E-state index in [1.54, 1.807) is 0 Å². The Bertz CT molecular complexity index is 415. The molecule has 0 radical (unpaired) electrons. The van der Waals surface area contributed by atoms with E-state index in [9.17, 15) is 4.79 Å². The van der Waals surface area contributed by atoms with Gasteiger partial charge in [0, 0.05) is 12.0 Å². The van der Waals surface area contributed by atoms with Crippen LogP contribution in [0.4, 0.5) is 0 Å². The second-order valence-electron chi connectivity index (χ2n) is 4.82. The molecule has 18 heavy (non-hydrogen) atoms. The van der Waals surface area contributed by atoms with Gasteiger partial charge >= 0.3 is 5.97 Å². The normalized spacial score (nSPS) is 14.1. The van der Waals surface area contributed by atoms with Crippen LogP contribution < -0.4 is 5.73 Å². The Hall–Kier alpha value is -1.35. The lowest BCUT2D eigenvalue weighted by Gasteiger charge is -2.24. The predicted molar refractivity (Wildman–Crippen MR) is 73.6 cm³/mol. The average molecular weight is 249 g/mol. The molecule has 2 N–H and O–H groups in total. The van der Waals surface area contributed by atoms with Crippen molar-refractivity contribution in [3.63, 3.8) is 0 Å². The molecule has 0 saturated carbocycles. The number of benzene rings is 1. The monoisotopic (exact) mass is 249 g/mol. The molecule has 0 amide bonds. The van der Waals surface area contributed by atoms with Gasteiger partial charge in [0.2, 0.25) is 0 Å². The first-order valence-electron chi connectivity index (χ1n) is 6.39. The molecular weight excluding hydrogens is 226 g/mol. The Morgan fingerprint density at radius 3 is 2.61 bits per heavy atom. The molecule has 2 unspecified atom stereocenters. The summed E-state index contributed by atoms with van der Waals surface area (Å²) in [6.45, 7) is 6.15. The molecule has 0 saturated heterocycles. The molecule has 1 aromatic carbocycles. The Morgan fingerprint density at radius 2 is 2.06 bits per heavy atom. The topological polar surface area (TPSA) is 52.3 Å². The lowest BCUT2D eigenvalue weighted by atomic mass is 9.84. The first-order valence-corrected chi connectivity index (χ1v) is 6.39. The second kappa shape index (κ2) is 6.55. The van der Waals surface area contributed by atoms with Gasteiger partial charge in [-0.3, -0.25) is 4.79 Å². The van der Waals surface area contributed by atoms with Crippen LogP contribution in [-0.4, -0.2) is 19.1 Å². The van der Waals surface area contributed by atoms with Crippen LogP contribution in [0.1, 0.15) is 42.4 Å². The van der Waals surface area contributed by atoms with Crippen LogP contribution in [0.3, 0.4) is 0 Å². The summed E-state index contributed by atoms with van der Waals surface area (Å²) in [4.78, 5) is 11.5. The van der Waals surface area contributed by atoms with E-state index in [0.29, 0.717) is 6.42 Å². The summed E-state index contributed by atoms with van der Waals surface area (Å²) >= 11 is 0. The molecule has 0 heterocycles. The van der Waals surface area contributed by atoms with Crippen LogP contribution in [0.25, 0.3) is 0 Å². The maximum atomic E-state index is 11.5. The van der Waals surface area contributed by atoms with Crippen molar-refractivity contribution in [2.24, 2.45) is 5.73 Å². The van der Waals surface area contributed by atoms with Gasteiger partial charge in [-0.1, -0.05) is 30.7 Å². The van der Waals surface area contributed by atoms with Gasteiger partial charge < -0.3 is 10.5 Å². The van der Waals surface area contributed by atoms with E-state index in [-0.39, 0.29) is 17.9 Å². The van der Waals surface area contributed by atoms with Gasteiger partial charge in [0.05, 0.1) is 13.5 Å². The van der Waals surface area contributed by atoms with Crippen LogP contribution in [0.5, 0.6) is 0 Å². The number of carbonyl (C=O) groups is 1. The SMILES string of the molecule is CCC(N)C(CC(=O)OC)c1cc(C)ccc1C. The fourth-order valence-electron chi connectivity index (χ4n) is 2.20. The summed E-state index contributed by atoms with van der Waals surface area (Å²) in [5.74, 6) is -0.174. The van der Waals surface area contributed by atoms with Crippen LogP contribution in [-0.2, 0) is 9.53 Å². The summed E-state index contributed by atoms with van der Waals surface area (Å²) in [7, 11) is 1.42. The number of ether oxygens (including phenoxy) is 1. The van der Waals surface area contributed by atoms with Crippen LogP contribution >= 0.6 is 0 Å². The lowest BCUT2D eigenvalue weighted by molar-refractivity contribution is -0.141. The zero-order valence-electron chi connectivity index (χ0n) is 11.7. The van der Waals surface area contributed by atoms with Gasteiger partial charge in [-0.15, -0.1) is 0 Å². The fraction of sp³-hybridized carbons (Fsp3) is 0.533. The van der Waals surface area contributed by atoms with E-state index < -0.39 is 0 Å². The van der Waals surface area contributed by atoms with Crippen molar-refractivity contribution in [1.82, 2.24) is 0 Å². The van der Waals surface area contributed by atoms with Gasteiger partial charge in [-0.2, -0.15) is 0 Å². The molecule has 3 heteroatoms. The zero-order chi connectivity index (χ0) is 13.7. The van der Waals surface area contributed by atoms with Crippen LogP contribution in [0, 0.1) is 13.8 Å². The van der Waals surface area contributed by atoms with Crippen molar-refractivity contribution in [1.29, 1.82) is 0 Å². The summed E-state index contributed by atoms with van der Waals surface area (Å²) in [5.41, 5.74) is 9.69. The molecule has 1 aromatic rings. The molecule has 0 fully saturated rings. The number of rotatable bonds is 5. The van der Waals surface area contributed by atoms with E-state index in [0.717, 1.165) is 12.0 Å². The molecule has 0 bridgehead atoms. The van der Waals surface area contributed by atoms with E-state index >= 15 is 0 Å². The van der Waals surface area contributed by atoms with Crippen molar-refractivity contribution in [2.75, 3.05) is 7.11 Å². The largest absolute Gasteiger partial charge is 0.469 e. The summed E-state index contributed by atoms with van der Waals surface area (Å²) < 4.78 is 4.77. The minimum absolute atomic E-state index is 0.0235. The third kappa shape index (κ3) is 3.57. The zero-order valence-corrected chi connectivity index (χ0v) is 11.7. The number of methoxy groups -OCH3 is 1. The highest BCUT2D eigenvalue weighted by molar-refractivity contribution is 5.70. The molecule has 100 valence electrons. The maximum Gasteiger partial charge on any atom is 0.306 e. The van der Waals surface area contributed by atoms with Gasteiger partial charge in [-0.25, -0.2) is 0 Å². The smallest absolute Gasteiger partial charge is 0.306 e. The summed E-state index contributed by atoms with van der Waals surface area (Å²) in [6, 6.07) is 6.26. The molecule has 0 aromatic heterocycles. The van der Waals surface area contributed by atoms with E-state index in [1.165, 1.54) is 18.2 Å². The maximum absolute atomic E-state index is 11.5. The third-order valence-corrected chi connectivity index (χ3v) is 3.44. The molecular formula is C15H23NO2. The third-order valence-electron chi connectivity index (χ3n) is 3.44. The van der Waals surface area contributed by atoms with Crippen LogP contribution in [0.15, 0.2) is 18.2 Å². The molecule has 1 rings (SSSR count). The highest BCUT2D eigenvalue weighted by Crippen LogP contribution is 2.28. The molecule has 0 aliphatic carbocycles. The van der Waals surface area contributed by atoms with Crippen LogP contribution in [0.2, 0.25) is 0 Å². The van der Waals surface area contributed by atoms with Crippen molar-refractivity contribution >= 4 is 5.97 Å². The van der Waals surface area contributed by atoms with E-state index in [2.05, 4.69) is 32.0 Å². The highest BCUT2D eigenvalue weighted by atomic mass is 16.5. The van der Waals surface area contributed by atoms with E-state index in [1.807, 2.05) is 6.92 Å². The predicted octanol–water partition coefficient (Wildman–Crippen LogP) is 2.69. The fourth-order valence-corrected chi connectivity index (χ4v) is 2.20. The van der Waals surface area contributed by atoms with Gasteiger partial charge in [0.25, 0.3) is 0 Å². The van der Waals surface area contributed by atoms with Gasteiger partial charge in [0.15, 0.2) is 0 Å². The molecule has 2 atom stereocenters. The van der Waals surface area contributed by atoms with E-state index in [4.69, 9.17) is 10.5 Å². The quantitative estimate of drug-likeness (QED) is 0.816. The number of hydrogen-bond acceptors (Lipinski definition) is 3. The van der Waals surface area contributed by atoms with Crippen molar-refractivity contribution in [2.45, 2.75) is 45.6 Å². The molecule has 0 aliphatic heterocycles. The van der Waals surface area contributed by atoms with Crippen molar-refractivity contribution in [3.05, 3.63) is 34.9 Å². The average Bonchev–Trinajstić information content (AvgIpc) is 2.37. The minimum atomic E-state index is -0.204. The number of aryl methyl sites for hydroxylation is 2. The molecule has 0 spiro atoms. The van der Waals surface area contributed by atoms with Crippen molar-refractivity contribution < 1.29 is 9.53 Å². The summed E-state index contributed by atoms with van der Waals surface area (Å²) in [6.07, 6.45) is 1.19. The summed E-state index contributed by atoms with van der Waals surface area (Å²) in [5, 5.41) is 0. The highest BCUT2D eigenvalue weighted by Gasteiger charge is 2.23. The van der Waals surface area contributed by atoms with Gasteiger partial charge in [0.1, 0.15) is 0 Å². The van der Waals surface area contributed by atoms with Gasteiger partial charge in [-0.05, 0) is 31.4 Å². The Labute approximate surface area is 109 Å². The van der Waals surface area contributed by atoms with Crippen molar-refractivity contribution in [3.8, 4) is 0 Å². The number of carbonyl (C=O) groups excluding carboxylic acids is 1. The Morgan fingerprint density at radius 1 is 1.39 bits per heavy atom. The first kappa shape index (κ1) is 14.7. The Kier molecular flexibility index (Phi) is 5.35. The standard InChI is InChI=1S/C15H23NO2/c1-5-14(16)13(9-15(17)18-4)12-8-10(2)6-7-11(12)3/h6-8,13-14H,5,9,16H2,1-4H3. The minimum Gasteiger partial charge on any atom is -0.469 e. The second-order valence-corrected chi connectivity index (χ2v) is 4.82. The number of esters is 1.